The molecule has 0 saturated carbocycles. The molecule has 0 atom stereocenters. The lowest BCUT2D eigenvalue weighted by Gasteiger charge is -2.39. The first kappa shape index (κ1) is 16.4. The van der Waals surface area contributed by atoms with Crippen molar-refractivity contribution < 1.29 is 14.3 Å². The fourth-order valence-electron chi connectivity index (χ4n) is 3.62. The van der Waals surface area contributed by atoms with Gasteiger partial charge in [0.05, 0.1) is 12.1 Å². The minimum absolute atomic E-state index is 0.182. The van der Waals surface area contributed by atoms with Crippen LogP contribution in [0.3, 0.4) is 0 Å². The van der Waals surface area contributed by atoms with E-state index in [4.69, 9.17) is 0 Å². The van der Waals surface area contributed by atoms with Gasteiger partial charge in [0.1, 0.15) is 5.82 Å². The Labute approximate surface area is 136 Å². The molecule has 2 fully saturated rings. The number of halogens is 1. The first-order chi connectivity index (χ1) is 11.1. The molecule has 126 valence electrons. The van der Waals surface area contributed by atoms with Gasteiger partial charge in [-0.05, 0) is 38.2 Å². The van der Waals surface area contributed by atoms with Crippen LogP contribution in [-0.4, -0.2) is 53.5 Å². The fraction of sp³-hybridized carbons (Fsp3) is 0.611. The van der Waals surface area contributed by atoms with Crippen LogP contribution in [0.5, 0.6) is 0 Å². The quantitative estimate of drug-likeness (QED) is 0.928. The predicted octanol–water partition coefficient (Wildman–Crippen LogP) is 2.12. The normalized spacial score (nSPS) is 22.1. The van der Waals surface area contributed by atoms with E-state index < -0.39 is 5.60 Å². The molecule has 1 amide bonds. The van der Waals surface area contributed by atoms with E-state index in [1.807, 2.05) is 4.90 Å². The molecule has 4 nitrogen and oxygen atoms in total. The lowest BCUT2D eigenvalue weighted by molar-refractivity contribution is -0.134. The van der Waals surface area contributed by atoms with Crippen LogP contribution in [0.1, 0.15) is 37.7 Å². The van der Waals surface area contributed by atoms with Crippen LogP contribution in [0.15, 0.2) is 24.3 Å². The maximum Gasteiger partial charge on any atom is 0.236 e. The Balaban J connectivity index is 1.56. The number of carbonyl (C=O) groups is 1. The van der Waals surface area contributed by atoms with Gasteiger partial charge >= 0.3 is 0 Å². The van der Waals surface area contributed by atoms with Gasteiger partial charge < -0.3 is 10.0 Å². The third-order valence-corrected chi connectivity index (χ3v) is 5.13. The molecule has 0 bridgehead atoms. The van der Waals surface area contributed by atoms with Crippen LogP contribution in [0.4, 0.5) is 4.39 Å². The van der Waals surface area contributed by atoms with Crippen LogP contribution in [0.25, 0.3) is 0 Å². The van der Waals surface area contributed by atoms with Gasteiger partial charge in [-0.25, -0.2) is 4.39 Å². The highest BCUT2D eigenvalue weighted by Gasteiger charge is 2.36. The fourth-order valence-corrected chi connectivity index (χ4v) is 3.62. The van der Waals surface area contributed by atoms with Crippen molar-refractivity contribution in [3.05, 3.63) is 35.6 Å². The molecule has 0 spiro atoms. The summed E-state index contributed by atoms with van der Waals surface area (Å²) in [5, 5.41) is 10.8. The molecule has 23 heavy (non-hydrogen) atoms. The number of carbonyl (C=O) groups excluding carboxylic acids is 1. The molecule has 2 saturated heterocycles. The molecule has 3 rings (SSSR count). The molecule has 2 aliphatic rings. The van der Waals surface area contributed by atoms with E-state index in [2.05, 4.69) is 4.90 Å². The molecule has 1 N–H and O–H groups in total. The van der Waals surface area contributed by atoms with E-state index in [0.29, 0.717) is 38.0 Å². The van der Waals surface area contributed by atoms with Crippen molar-refractivity contribution in [1.82, 2.24) is 9.80 Å². The molecule has 2 aliphatic heterocycles. The van der Waals surface area contributed by atoms with Gasteiger partial charge in [-0.1, -0.05) is 18.2 Å². The number of hydrogen-bond donors (Lipinski definition) is 1. The van der Waals surface area contributed by atoms with Gasteiger partial charge in [-0.15, -0.1) is 0 Å². The van der Waals surface area contributed by atoms with Crippen LogP contribution in [-0.2, 0) is 10.4 Å². The summed E-state index contributed by atoms with van der Waals surface area (Å²) in [7, 11) is 0. The Hall–Kier alpha value is -1.46. The number of rotatable bonds is 3. The van der Waals surface area contributed by atoms with Crippen molar-refractivity contribution >= 4 is 5.91 Å². The number of piperidine rings is 2. The summed E-state index contributed by atoms with van der Waals surface area (Å²) in [6, 6.07) is 6.43. The predicted molar refractivity (Wildman–Crippen MR) is 86.4 cm³/mol. The molecule has 2 heterocycles. The summed E-state index contributed by atoms with van der Waals surface area (Å²) in [6.45, 7) is 3.37. The summed E-state index contributed by atoms with van der Waals surface area (Å²) in [6.07, 6.45) is 4.32. The molecule has 0 aliphatic carbocycles. The molecule has 5 heteroatoms. The lowest BCUT2D eigenvalue weighted by atomic mass is 9.84. The largest absolute Gasteiger partial charge is 0.385 e. The number of nitrogens with zero attached hydrogens (tertiary/aromatic N) is 2. The molecule has 0 unspecified atom stereocenters. The Bertz CT molecular complexity index is 550. The smallest absolute Gasteiger partial charge is 0.236 e. The van der Waals surface area contributed by atoms with E-state index >= 15 is 0 Å². The summed E-state index contributed by atoms with van der Waals surface area (Å²) in [4.78, 5) is 16.3. The minimum Gasteiger partial charge on any atom is -0.385 e. The average Bonchev–Trinajstić information content (AvgIpc) is 2.58. The molecular formula is C18H25FN2O2. The number of benzene rings is 1. The number of likely N-dealkylation sites (tertiary alicyclic amines) is 2. The Kier molecular flexibility index (Phi) is 4.97. The van der Waals surface area contributed by atoms with E-state index in [9.17, 15) is 14.3 Å². The Morgan fingerprint density at radius 2 is 1.74 bits per heavy atom. The standard InChI is InChI=1S/C18H25FN2O2/c19-16-7-3-2-6-15(16)18(23)8-12-20(13-9-18)14-17(22)21-10-4-1-5-11-21/h2-3,6-7,23H,1,4-5,8-14H2. The number of amides is 1. The first-order valence-electron chi connectivity index (χ1n) is 8.56. The second-order valence-electron chi connectivity index (χ2n) is 6.73. The molecule has 0 aromatic heterocycles. The molecule has 1 aromatic rings. The third-order valence-electron chi connectivity index (χ3n) is 5.13. The maximum absolute atomic E-state index is 13.9. The molecule has 0 radical (unpaired) electrons. The topological polar surface area (TPSA) is 43.8 Å². The summed E-state index contributed by atoms with van der Waals surface area (Å²) in [5.74, 6) is -0.172. The zero-order chi connectivity index (χ0) is 16.3. The zero-order valence-electron chi connectivity index (χ0n) is 13.5. The highest BCUT2D eigenvalue weighted by molar-refractivity contribution is 5.78. The summed E-state index contributed by atoms with van der Waals surface area (Å²) in [5.41, 5.74) is -0.738. The third kappa shape index (κ3) is 3.72. The van der Waals surface area contributed by atoms with Crippen molar-refractivity contribution in [1.29, 1.82) is 0 Å². The van der Waals surface area contributed by atoms with Crippen molar-refractivity contribution in [3.8, 4) is 0 Å². The monoisotopic (exact) mass is 320 g/mol. The van der Waals surface area contributed by atoms with Crippen LogP contribution >= 0.6 is 0 Å². The maximum atomic E-state index is 13.9. The van der Waals surface area contributed by atoms with E-state index in [1.165, 1.54) is 12.5 Å². The number of aliphatic hydroxyl groups is 1. The van der Waals surface area contributed by atoms with E-state index in [1.54, 1.807) is 18.2 Å². The Morgan fingerprint density at radius 1 is 1.09 bits per heavy atom. The van der Waals surface area contributed by atoms with Crippen LogP contribution < -0.4 is 0 Å². The zero-order valence-corrected chi connectivity index (χ0v) is 13.5. The Morgan fingerprint density at radius 3 is 2.39 bits per heavy atom. The van der Waals surface area contributed by atoms with E-state index in [0.717, 1.165) is 25.9 Å². The first-order valence-corrected chi connectivity index (χ1v) is 8.56. The SMILES string of the molecule is O=C(CN1CCC(O)(c2ccccc2F)CC1)N1CCCCC1. The van der Waals surface area contributed by atoms with Crippen molar-refractivity contribution in [2.45, 2.75) is 37.7 Å². The van der Waals surface area contributed by atoms with Crippen molar-refractivity contribution in [2.75, 3.05) is 32.7 Å². The van der Waals surface area contributed by atoms with Crippen LogP contribution in [0.2, 0.25) is 0 Å². The van der Waals surface area contributed by atoms with Crippen LogP contribution in [0, 0.1) is 5.82 Å². The molecular weight excluding hydrogens is 295 g/mol. The second kappa shape index (κ2) is 6.97. The van der Waals surface area contributed by atoms with Gasteiger partial charge in [0.25, 0.3) is 0 Å². The lowest BCUT2D eigenvalue weighted by Crippen LogP contribution is -2.48. The van der Waals surface area contributed by atoms with Gasteiger partial charge in [-0.3, -0.25) is 9.69 Å². The van der Waals surface area contributed by atoms with Gasteiger partial charge in [0.2, 0.25) is 5.91 Å². The highest BCUT2D eigenvalue weighted by atomic mass is 19.1. The second-order valence-corrected chi connectivity index (χ2v) is 6.73. The summed E-state index contributed by atoms with van der Waals surface area (Å²) < 4.78 is 13.9. The molecule has 1 aromatic carbocycles. The van der Waals surface area contributed by atoms with Gasteiger partial charge in [0.15, 0.2) is 0 Å². The number of hydrogen-bond acceptors (Lipinski definition) is 3. The van der Waals surface area contributed by atoms with Crippen molar-refractivity contribution in [2.24, 2.45) is 0 Å². The van der Waals surface area contributed by atoms with Gasteiger partial charge in [-0.2, -0.15) is 0 Å². The summed E-state index contributed by atoms with van der Waals surface area (Å²) >= 11 is 0. The van der Waals surface area contributed by atoms with Crippen molar-refractivity contribution in [3.63, 3.8) is 0 Å². The average molecular weight is 320 g/mol. The van der Waals surface area contributed by atoms with E-state index in [-0.39, 0.29) is 11.7 Å². The highest BCUT2D eigenvalue weighted by Crippen LogP contribution is 2.34. The van der Waals surface area contributed by atoms with Gasteiger partial charge in [0, 0.05) is 31.7 Å². The minimum atomic E-state index is -1.12.